The Morgan fingerprint density at radius 2 is 0.780 bits per heavy atom. The molecule has 0 bridgehead atoms. The van der Waals surface area contributed by atoms with Crippen LogP contribution >= 0.6 is 0 Å². The average Bonchev–Trinajstić information content (AvgIpc) is 3.66. The van der Waals surface area contributed by atoms with Crippen LogP contribution in [0.3, 0.4) is 0 Å². The smallest absolute Gasteiger partial charge is 0.160 e. The van der Waals surface area contributed by atoms with Gasteiger partial charge in [0.25, 0.3) is 0 Å². The second-order valence-corrected chi connectivity index (χ2v) is 15.0. The molecule has 2 heterocycles. The number of fused-ring (bicyclic) bond motifs is 4. The lowest BCUT2D eigenvalue weighted by Gasteiger charge is -2.15. The van der Waals surface area contributed by atoms with Gasteiger partial charge in [-0.15, -0.1) is 0 Å². The van der Waals surface area contributed by atoms with Crippen LogP contribution < -0.4 is 0 Å². The zero-order valence-electron chi connectivity index (χ0n) is 32.2. The van der Waals surface area contributed by atoms with E-state index < -0.39 is 0 Å². The number of para-hydroxylation sites is 2. The molecule has 3 nitrogen and oxygen atoms in total. The maximum Gasteiger partial charge on any atom is 0.160 e. The Bertz CT molecular complexity index is 3310. The summed E-state index contributed by atoms with van der Waals surface area (Å²) in [5.41, 5.74) is 15.5. The molecule has 9 aromatic carbocycles. The monoisotopic (exact) mass is 751 g/mol. The van der Waals surface area contributed by atoms with E-state index >= 15 is 0 Å². The fraction of sp³-hybridized carbons (Fsp3) is 0. The Labute approximate surface area is 343 Å². The minimum atomic E-state index is 0.702. The van der Waals surface area contributed by atoms with Crippen molar-refractivity contribution >= 4 is 32.6 Å². The normalized spacial score (nSPS) is 11.4. The van der Waals surface area contributed by atoms with Crippen molar-refractivity contribution in [1.29, 1.82) is 0 Å². The molecule has 0 atom stereocenters. The molecule has 0 aliphatic heterocycles. The highest BCUT2D eigenvalue weighted by molar-refractivity contribution is 6.11. The van der Waals surface area contributed by atoms with Crippen LogP contribution in [0.5, 0.6) is 0 Å². The van der Waals surface area contributed by atoms with Gasteiger partial charge in [-0.05, 0) is 92.7 Å². The van der Waals surface area contributed by atoms with Crippen LogP contribution in [0, 0.1) is 0 Å². The molecule has 3 heteroatoms. The van der Waals surface area contributed by atoms with Crippen LogP contribution in [0.25, 0.3) is 106 Å². The van der Waals surface area contributed by atoms with Gasteiger partial charge in [0.15, 0.2) is 5.82 Å². The predicted octanol–water partition coefficient (Wildman–Crippen LogP) is 14.7. The van der Waals surface area contributed by atoms with Crippen molar-refractivity contribution in [3.05, 3.63) is 224 Å². The van der Waals surface area contributed by atoms with E-state index in [-0.39, 0.29) is 0 Å². The second-order valence-electron chi connectivity index (χ2n) is 15.0. The molecule has 0 amide bonds. The molecule has 11 rings (SSSR count). The zero-order chi connectivity index (χ0) is 39.1. The quantitative estimate of drug-likeness (QED) is 0.162. The molecule has 0 radical (unpaired) electrons. The standard InChI is InChI=1S/C56H37N3/c1-4-16-38(17-5-1)40-20-15-23-44(35-40)52-37-53(58-56(57-52)39-18-6-2-7-19-39)49-32-31-46(47-26-10-11-27-48(47)49)43-22-14-21-41(34-43)42-30-33-55-51(36-42)50-28-12-13-29-54(50)59(55)45-24-8-3-9-25-45/h1-37H. The lowest BCUT2D eigenvalue weighted by atomic mass is 9.91. The molecular formula is C56H37N3. The van der Waals surface area contributed by atoms with Gasteiger partial charge in [0.05, 0.1) is 22.4 Å². The van der Waals surface area contributed by atoms with Gasteiger partial charge in [-0.1, -0.05) is 176 Å². The van der Waals surface area contributed by atoms with E-state index in [9.17, 15) is 0 Å². The molecule has 59 heavy (non-hydrogen) atoms. The molecule has 276 valence electrons. The highest BCUT2D eigenvalue weighted by Crippen LogP contribution is 2.40. The van der Waals surface area contributed by atoms with E-state index in [2.05, 4.69) is 211 Å². The zero-order valence-corrected chi connectivity index (χ0v) is 32.2. The summed E-state index contributed by atoms with van der Waals surface area (Å²) in [6.07, 6.45) is 0. The number of aromatic nitrogens is 3. The van der Waals surface area contributed by atoms with Gasteiger partial charge in [-0.25, -0.2) is 9.97 Å². The van der Waals surface area contributed by atoms with Crippen molar-refractivity contribution < 1.29 is 0 Å². The van der Waals surface area contributed by atoms with E-state index in [4.69, 9.17) is 9.97 Å². The topological polar surface area (TPSA) is 30.7 Å². The molecule has 0 N–H and O–H groups in total. The third-order valence-corrected chi connectivity index (χ3v) is 11.4. The van der Waals surface area contributed by atoms with Crippen molar-refractivity contribution in [3.63, 3.8) is 0 Å². The molecule has 0 saturated heterocycles. The lowest BCUT2D eigenvalue weighted by Crippen LogP contribution is -1.97. The van der Waals surface area contributed by atoms with Crippen LogP contribution in [0.2, 0.25) is 0 Å². The van der Waals surface area contributed by atoms with E-state index in [0.29, 0.717) is 5.82 Å². The minimum absolute atomic E-state index is 0.702. The summed E-state index contributed by atoms with van der Waals surface area (Å²) in [7, 11) is 0. The molecule has 11 aromatic rings. The first-order valence-electron chi connectivity index (χ1n) is 20.1. The largest absolute Gasteiger partial charge is 0.309 e. The summed E-state index contributed by atoms with van der Waals surface area (Å²) in [6, 6.07) is 79.9. The fourth-order valence-corrected chi connectivity index (χ4v) is 8.59. The van der Waals surface area contributed by atoms with Crippen LogP contribution in [-0.2, 0) is 0 Å². The summed E-state index contributed by atoms with van der Waals surface area (Å²) < 4.78 is 2.36. The first-order chi connectivity index (χ1) is 29.2. The van der Waals surface area contributed by atoms with E-state index in [1.54, 1.807) is 0 Å². The first-order valence-corrected chi connectivity index (χ1v) is 20.1. The van der Waals surface area contributed by atoms with Gasteiger partial charge in [-0.3, -0.25) is 0 Å². The van der Waals surface area contributed by atoms with Gasteiger partial charge in [0.2, 0.25) is 0 Å². The summed E-state index contributed by atoms with van der Waals surface area (Å²) >= 11 is 0. The molecular weight excluding hydrogens is 715 g/mol. The highest BCUT2D eigenvalue weighted by Gasteiger charge is 2.17. The van der Waals surface area contributed by atoms with Crippen LogP contribution in [0.15, 0.2) is 224 Å². The molecule has 0 unspecified atom stereocenters. The Hall–Kier alpha value is -7.88. The van der Waals surface area contributed by atoms with E-state index in [1.165, 1.54) is 55.0 Å². The molecule has 0 saturated carbocycles. The molecule has 0 aliphatic carbocycles. The molecule has 0 fully saturated rings. The SMILES string of the molecule is c1ccc(-c2cccc(-c3cc(-c4ccc(-c5cccc(-c6ccc7c(c6)c6ccccc6n7-c6ccccc6)c5)c5ccccc45)nc(-c4ccccc4)n3)c2)cc1. The van der Waals surface area contributed by atoms with Crippen molar-refractivity contribution in [1.82, 2.24) is 14.5 Å². The number of benzene rings is 9. The van der Waals surface area contributed by atoms with Crippen molar-refractivity contribution in [3.8, 4) is 73.0 Å². The van der Waals surface area contributed by atoms with Crippen molar-refractivity contribution in [2.45, 2.75) is 0 Å². The van der Waals surface area contributed by atoms with Crippen LogP contribution in [0.1, 0.15) is 0 Å². The Morgan fingerprint density at radius 1 is 0.271 bits per heavy atom. The Balaban J connectivity index is 1.02. The summed E-state index contributed by atoms with van der Waals surface area (Å²) in [5, 5.41) is 4.81. The second kappa shape index (κ2) is 14.6. The molecule has 2 aromatic heterocycles. The molecule has 0 aliphatic rings. The number of hydrogen-bond acceptors (Lipinski definition) is 2. The summed E-state index contributed by atoms with van der Waals surface area (Å²) in [6.45, 7) is 0. The van der Waals surface area contributed by atoms with Gasteiger partial charge >= 0.3 is 0 Å². The highest BCUT2D eigenvalue weighted by atomic mass is 15.0. The van der Waals surface area contributed by atoms with Crippen LogP contribution in [-0.4, -0.2) is 14.5 Å². The number of nitrogens with zero attached hydrogens (tertiary/aromatic N) is 3. The third kappa shape index (κ3) is 6.26. The predicted molar refractivity (Wildman–Crippen MR) is 246 cm³/mol. The van der Waals surface area contributed by atoms with Gasteiger partial charge in [-0.2, -0.15) is 0 Å². The van der Waals surface area contributed by atoms with E-state index in [0.717, 1.165) is 44.7 Å². The number of hydrogen-bond donors (Lipinski definition) is 0. The Morgan fingerprint density at radius 3 is 1.54 bits per heavy atom. The van der Waals surface area contributed by atoms with E-state index in [1.807, 2.05) is 18.2 Å². The lowest BCUT2D eigenvalue weighted by molar-refractivity contribution is 1.18. The fourth-order valence-electron chi connectivity index (χ4n) is 8.59. The molecule has 0 spiro atoms. The first kappa shape index (κ1) is 34.4. The summed E-state index contributed by atoms with van der Waals surface area (Å²) in [5.74, 6) is 0.702. The maximum atomic E-state index is 5.24. The maximum absolute atomic E-state index is 5.24. The average molecular weight is 752 g/mol. The van der Waals surface area contributed by atoms with Gasteiger partial charge in [0.1, 0.15) is 0 Å². The summed E-state index contributed by atoms with van der Waals surface area (Å²) in [4.78, 5) is 10.4. The Kier molecular flexibility index (Phi) is 8.49. The van der Waals surface area contributed by atoms with Gasteiger partial charge < -0.3 is 4.57 Å². The van der Waals surface area contributed by atoms with Crippen molar-refractivity contribution in [2.24, 2.45) is 0 Å². The minimum Gasteiger partial charge on any atom is -0.309 e. The van der Waals surface area contributed by atoms with Crippen LogP contribution in [0.4, 0.5) is 0 Å². The third-order valence-electron chi connectivity index (χ3n) is 11.4. The number of rotatable bonds is 7. The van der Waals surface area contributed by atoms with Gasteiger partial charge in [0, 0.05) is 33.2 Å². The van der Waals surface area contributed by atoms with Crippen molar-refractivity contribution in [2.75, 3.05) is 0 Å².